The van der Waals surface area contributed by atoms with E-state index in [4.69, 9.17) is 0 Å². The lowest BCUT2D eigenvalue weighted by Gasteiger charge is -1.96. The number of aliphatic hydroxyl groups excluding tert-OH is 1. The average molecular weight is 205 g/mol. The van der Waals surface area contributed by atoms with Gasteiger partial charge in [0, 0.05) is 5.33 Å². The molecule has 0 fully saturated rings. The molecule has 10 heavy (non-hydrogen) atoms. The van der Waals surface area contributed by atoms with Crippen molar-refractivity contribution in [2.45, 2.75) is 20.3 Å². The second kappa shape index (κ2) is 5.54. The maximum absolute atomic E-state index is 9.22. The van der Waals surface area contributed by atoms with E-state index in [9.17, 15) is 5.11 Å². The quantitative estimate of drug-likeness (QED) is 0.426. The van der Waals surface area contributed by atoms with Crippen LogP contribution in [-0.2, 0) is 0 Å². The van der Waals surface area contributed by atoms with Gasteiger partial charge in [-0.1, -0.05) is 28.9 Å². The maximum Gasteiger partial charge on any atom is 0.114 e. The van der Waals surface area contributed by atoms with E-state index < -0.39 is 0 Å². The molecule has 58 valence electrons. The van der Waals surface area contributed by atoms with Crippen LogP contribution in [0.3, 0.4) is 0 Å². The molecule has 0 heterocycles. The third kappa shape index (κ3) is 3.72. The fourth-order valence-electron chi connectivity index (χ4n) is 0.575. The zero-order valence-corrected chi connectivity index (χ0v) is 7.98. The van der Waals surface area contributed by atoms with Crippen molar-refractivity contribution in [2.75, 3.05) is 5.33 Å². The van der Waals surface area contributed by atoms with Crippen LogP contribution in [-0.4, -0.2) is 10.4 Å². The van der Waals surface area contributed by atoms with Crippen molar-refractivity contribution in [3.63, 3.8) is 0 Å². The van der Waals surface area contributed by atoms with Gasteiger partial charge >= 0.3 is 0 Å². The van der Waals surface area contributed by atoms with E-state index in [1.807, 2.05) is 19.9 Å². The molecule has 0 aliphatic carbocycles. The predicted octanol–water partition coefficient (Wildman–Crippen LogP) is 3.18. The van der Waals surface area contributed by atoms with Crippen LogP contribution in [0.15, 0.2) is 23.5 Å². The van der Waals surface area contributed by atoms with Crippen LogP contribution < -0.4 is 0 Å². The van der Waals surface area contributed by atoms with E-state index in [2.05, 4.69) is 15.9 Å². The fourth-order valence-corrected chi connectivity index (χ4v) is 1.06. The normalized spacial score (nSPS) is 13.9. The average Bonchev–Trinajstić information content (AvgIpc) is 1.89. The first-order valence-corrected chi connectivity index (χ1v) is 4.46. The summed E-state index contributed by atoms with van der Waals surface area (Å²) in [5, 5.41) is 10.0. The fraction of sp³-hybridized carbons (Fsp3) is 0.500. The van der Waals surface area contributed by atoms with Crippen molar-refractivity contribution in [3.05, 3.63) is 23.5 Å². The van der Waals surface area contributed by atoms with Gasteiger partial charge in [-0.25, -0.2) is 0 Å². The van der Waals surface area contributed by atoms with Crippen molar-refractivity contribution < 1.29 is 5.11 Å². The van der Waals surface area contributed by atoms with Gasteiger partial charge in [0.15, 0.2) is 0 Å². The molecule has 0 saturated carbocycles. The lowest BCUT2D eigenvalue weighted by Crippen LogP contribution is -1.83. The number of rotatable bonds is 3. The summed E-state index contributed by atoms with van der Waals surface area (Å²) in [6.07, 6.45) is 4.61. The van der Waals surface area contributed by atoms with Crippen molar-refractivity contribution >= 4 is 15.9 Å². The Morgan fingerprint density at radius 1 is 1.50 bits per heavy atom. The third-order valence-corrected chi connectivity index (χ3v) is 1.51. The zero-order chi connectivity index (χ0) is 7.98. The molecule has 0 spiro atoms. The number of hydrogen-bond donors (Lipinski definition) is 1. The first-order valence-electron chi connectivity index (χ1n) is 3.34. The highest BCUT2D eigenvalue weighted by Gasteiger charge is 1.92. The Balaban J connectivity index is 4.06. The summed E-state index contributed by atoms with van der Waals surface area (Å²) in [5.74, 6) is 0.391. The number of alkyl halides is 1. The van der Waals surface area contributed by atoms with E-state index in [1.54, 1.807) is 6.08 Å². The smallest absolute Gasteiger partial charge is 0.114 e. The predicted molar refractivity (Wildman–Crippen MR) is 48.6 cm³/mol. The molecular weight excluding hydrogens is 192 g/mol. The van der Waals surface area contributed by atoms with Gasteiger partial charge < -0.3 is 5.11 Å². The highest BCUT2D eigenvalue weighted by Crippen LogP contribution is 2.06. The van der Waals surface area contributed by atoms with Gasteiger partial charge in [-0.2, -0.15) is 0 Å². The van der Waals surface area contributed by atoms with E-state index >= 15 is 0 Å². The van der Waals surface area contributed by atoms with Crippen molar-refractivity contribution in [1.29, 1.82) is 0 Å². The van der Waals surface area contributed by atoms with E-state index in [1.165, 1.54) is 0 Å². The second-order valence-corrected chi connectivity index (χ2v) is 2.69. The Kier molecular flexibility index (Phi) is 5.40. The molecule has 0 aromatic rings. The van der Waals surface area contributed by atoms with Crippen LogP contribution in [0.4, 0.5) is 0 Å². The number of aliphatic hydroxyl groups is 1. The van der Waals surface area contributed by atoms with Crippen LogP contribution in [0.2, 0.25) is 0 Å². The Morgan fingerprint density at radius 3 is 2.50 bits per heavy atom. The summed E-state index contributed by atoms with van der Waals surface area (Å²) < 4.78 is 0. The largest absolute Gasteiger partial charge is 0.508 e. The number of halogens is 1. The van der Waals surface area contributed by atoms with Crippen molar-refractivity contribution in [2.24, 2.45) is 0 Å². The van der Waals surface area contributed by atoms with Gasteiger partial charge in [0.05, 0.1) is 0 Å². The molecule has 0 aliphatic rings. The molecule has 0 rings (SSSR count). The highest BCUT2D eigenvalue weighted by molar-refractivity contribution is 9.09. The van der Waals surface area contributed by atoms with Crippen LogP contribution in [0.1, 0.15) is 20.3 Å². The maximum atomic E-state index is 9.22. The monoisotopic (exact) mass is 204 g/mol. The standard InChI is InChI=1S/C8H13BrO/c1-3-4-8(10)7(2)5-6-9/h4-5,10H,3,6H2,1-2H3/b7-5-,8-4+. The summed E-state index contributed by atoms with van der Waals surface area (Å²) in [6, 6.07) is 0. The summed E-state index contributed by atoms with van der Waals surface area (Å²) >= 11 is 3.25. The minimum Gasteiger partial charge on any atom is -0.508 e. The van der Waals surface area contributed by atoms with E-state index in [-0.39, 0.29) is 0 Å². The molecule has 0 saturated heterocycles. The molecule has 0 unspecified atom stereocenters. The first-order chi connectivity index (χ1) is 4.72. The summed E-state index contributed by atoms with van der Waals surface area (Å²) in [5.41, 5.74) is 0.929. The topological polar surface area (TPSA) is 20.2 Å². The van der Waals surface area contributed by atoms with Gasteiger partial charge in [0.2, 0.25) is 0 Å². The molecule has 0 aliphatic heterocycles. The molecule has 0 radical (unpaired) electrons. The van der Waals surface area contributed by atoms with Crippen LogP contribution >= 0.6 is 15.9 Å². The zero-order valence-electron chi connectivity index (χ0n) is 6.39. The second-order valence-electron chi connectivity index (χ2n) is 2.04. The molecule has 1 N–H and O–H groups in total. The lowest BCUT2D eigenvalue weighted by atomic mass is 10.2. The summed E-state index contributed by atoms with van der Waals surface area (Å²) in [4.78, 5) is 0. The van der Waals surface area contributed by atoms with Gasteiger partial charge in [-0.3, -0.25) is 0 Å². The minimum atomic E-state index is 0.391. The van der Waals surface area contributed by atoms with Crippen molar-refractivity contribution in [3.8, 4) is 0 Å². The summed E-state index contributed by atoms with van der Waals surface area (Å²) in [7, 11) is 0. The van der Waals surface area contributed by atoms with Gasteiger partial charge in [-0.15, -0.1) is 0 Å². The third-order valence-electron chi connectivity index (χ3n) is 1.18. The molecule has 0 aromatic carbocycles. The minimum absolute atomic E-state index is 0.391. The van der Waals surface area contributed by atoms with Crippen LogP contribution in [0.5, 0.6) is 0 Å². The SMILES string of the molecule is CC/C=C(O)\C(C)=C/CBr. The Labute approximate surface area is 70.6 Å². The Morgan fingerprint density at radius 2 is 2.10 bits per heavy atom. The van der Waals surface area contributed by atoms with Crippen LogP contribution in [0.25, 0.3) is 0 Å². The molecule has 0 atom stereocenters. The molecule has 1 nitrogen and oxygen atoms in total. The van der Waals surface area contributed by atoms with E-state index in [0.29, 0.717) is 5.76 Å². The van der Waals surface area contributed by atoms with Gasteiger partial charge in [-0.05, 0) is 25.0 Å². The summed E-state index contributed by atoms with van der Waals surface area (Å²) in [6.45, 7) is 3.89. The lowest BCUT2D eigenvalue weighted by molar-refractivity contribution is 0.421. The Bertz CT molecular complexity index is 129. The van der Waals surface area contributed by atoms with Crippen molar-refractivity contribution in [1.82, 2.24) is 0 Å². The molecule has 2 heteroatoms. The molecular formula is C8H13BrO. The molecule has 0 bridgehead atoms. The van der Waals surface area contributed by atoms with E-state index in [0.717, 1.165) is 17.3 Å². The number of allylic oxidation sites excluding steroid dienone is 3. The molecule has 0 amide bonds. The highest BCUT2D eigenvalue weighted by atomic mass is 79.9. The van der Waals surface area contributed by atoms with Gasteiger partial charge in [0.25, 0.3) is 0 Å². The first kappa shape index (κ1) is 9.76. The number of hydrogen-bond acceptors (Lipinski definition) is 1. The van der Waals surface area contributed by atoms with Crippen LogP contribution in [0, 0.1) is 0 Å². The Hall–Kier alpha value is -0.240. The molecule has 0 aromatic heterocycles. The van der Waals surface area contributed by atoms with Gasteiger partial charge in [0.1, 0.15) is 5.76 Å².